The molecule has 3 nitrogen and oxygen atoms in total. The number of amides is 1. The number of nitrogens with one attached hydrogen (secondary N) is 1. The van der Waals surface area contributed by atoms with E-state index in [1.165, 1.54) is 0 Å². The van der Waals surface area contributed by atoms with Crippen LogP contribution in [0.15, 0.2) is 0 Å². The van der Waals surface area contributed by atoms with Crippen LogP contribution in [0.5, 0.6) is 0 Å². The molecule has 1 amide bonds. The van der Waals surface area contributed by atoms with E-state index in [2.05, 4.69) is 21.2 Å². The number of hydrogen-bond donors (Lipinski definition) is 1. The first kappa shape index (κ1) is 14.6. The van der Waals surface area contributed by atoms with Gasteiger partial charge in [0.1, 0.15) is 5.60 Å². The molecule has 1 atom stereocenters. The molecule has 0 heterocycles. The fourth-order valence-electron chi connectivity index (χ4n) is 0.838. The lowest BCUT2D eigenvalue weighted by Crippen LogP contribution is -2.43. The second-order valence-electron chi connectivity index (χ2n) is 4.06. The van der Waals surface area contributed by atoms with Gasteiger partial charge in [0.05, 0.1) is 6.04 Å². The molecule has 0 bridgehead atoms. The van der Waals surface area contributed by atoms with Gasteiger partial charge in [-0.3, -0.25) is 0 Å². The molecule has 0 saturated carbocycles. The van der Waals surface area contributed by atoms with Crippen LogP contribution < -0.4 is 5.32 Å². The zero-order valence-corrected chi connectivity index (χ0v) is 10.6. The Morgan fingerprint density at radius 3 is 2.33 bits per heavy atom. The van der Waals surface area contributed by atoms with Crippen molar-refractivity contribution < 1.29 is 18.3 Å². The van der Waals surface area contributed by atoms with Gasteiger partial charge < -0.3 is 10.1 Å². The molecule has 0 aliphatic heterocycles. The first-order valence-electron chi connectivity index (χ1n) is 4.60. The third kappa shape index (κ3) is 7.53. The number of rotatable bonds is 4. The fraction of sp³-hybridized carbons (Fsp3) is 0.889. The van der Waals surface area contributed by atoms with Crippen molar-refractivity contribution in [1.29, 1.82) is 0 Å². The van der Waals surface area contributed by atoms with Crippen molar-refractivity contribution in [1.82, 2.24) is 5.32 Å². The normalized spacial score (nSPS) is 13.8. The summed E-state index contributed by atoms with van der Waals surface area (Å²) < 4.78 is 29.6. The van der Waals surface area contributed by atoms with Crippen LogP contribution in [-0.4, -0.2) is 29.5 Å². The van der Waals surface area contributed by atoms with Crippen LogP contribution in [0.3, 0.4) is 0 Å². The topological polar surface area (TPSA) is 38.3 Å². The molecular formula is C9H16BrF2NO2. The molecule has 0 aromatic heterocycles. The molecule has 0 rings (SSSR count). The van der Waals surface area contributed by atoms with Crippen LogP contribution in [-0.2, 0) is 4.74 Å². The van der Waals surface area contributed by atoms with Gasteiger partial charge in [0.25, 0.3) is 6.43 Å². The minimum atomic E-state index is -2.59. The van der Waals surface area contributed by atoms with Gasteiger partial charge in [0, 0.05) is 5.33 Å². The third-order valence-electron chi connectivity index (χ3n) is 1.43. The summed E-state index contributed by atoms with van der Waals surface area (Å²) in [5, 5.41) is 2.53. The summed E-state index contributed by atoms with van der Waals surface area (Å²) in [5.41, 5.74) is -0.675. The predicted molar refractivity (Wildman–Crippen MR) is 57.6 cm³/mol. The van der Waals surface area contributed by atoms with Crippen molar-refractivity contribution >= 4 is 22.0 Å². The van der Waals surface area contributed by atoms with Gasteiger partial charge in [-0.15, -0.1) is 0 Å². The molecule has 0 aliphatic carbocycles. The van der Waals surface area contributed by atoms with E-state index in [4.69, 9.17) is 4.74 Å². The van der Waals surface area contributed by atoms with E-state index in [1.807, 2.05) is 0 Å². The van der Waals surface area contributed by atoms with Crippen LogP contribution in [0, 0.1) is 0 Å². The van der Waals surface area contributed by atoms with E-state index in [9.17, 15) is 13.6 Å². The number of alkyl carbamates (subject to hydrolysis) is 1. The van der Waals surface area contributed by atoms with E-state index in [0.717, 1.165) is 0 Å². The van der Waals surface area contributed by atoms with Gasteiger partial charge in [0.2, 0.25) is 0 Å². The van der Waals surface area contributed by atoms with E-state index in [-0.39, 0.29) is 6.42 Å². The smallest absolute Gasteiger partial charge is 0.408 e. The maximum atomic E-state index is 12.4. The molecule has 1 unspecified atom stereocenters. The minimum Gasteiger partial charge on any atom is -0.444 e. The lowest BCUT2D eigenvalue weighted by atomic mass is 10.2. The summed E-state index contributed by atoms with van der Waals surface area (Å²) in [6.45, 7) is 5.03. The number of carbonyl (C=O) groups excluding carboxylic acids is 1. The van der Waals surface area contributed by atoms with Crippen molar-refractivity contribution in [2.45, 2.75) is 45.3 Å². The van der Waals surface area contributed by atoms with E-state index in [1.54, 1.807) is 20.8 Å². The molecule has 0 aromatic carbocycles. The highest BCUT2D eigenvalue weighted by atomic mass is 79.9. The zero-order chi connectivity index (χ0) is 12.1. The number of carbonyl (C=O) groups is 1. The highest BCUT2D eigenvalue weighted by Gasteiger charge is 2.24. The summed E-state index contributed by atoms with van der Waals surface area (Å²) in [6, 6.07) is -1.17. The van der Waals surface area contributed by atoms with Crippen molar-refractivity contribution in [2.75, 3.05) is 5.33 Å². The van der Waals surface area contributed by atoms with Gasteiger partial charge in [-0.25, -0.2) is 13.6 Å². The average molecular weight is 288 g/mol. The van der Waals surface area contributed by atoms with E-state index >= 15 is 0 Å². The lowest BCUT2D eigenvalue weighted by Gasteiger charge is -2.22. The van der Waals surface area contributed by atoms with E-state index < -0.39 is 24.2 Å². The lowest BCUT2D eigenvalue weighted by molar-refractivity contribution is 0.0372. The van der Waals surface area contributed by atoms with Gasteiger partial charge >= 0.3 is 6.09 Å². The van der Waals surface area contributed by atoms with Crippen LogP contribution >= 0.6 is 15.9 Å². The first-order valence-corrected chi connectivity index (χ1v) is 5.72. The van der Waals surface area contributed by atoms with Crippen molar-refractivity contribution in [2.24, 2.45) is 0 Å². The second kappa shape index (κ2) is 6.25. The van der Waals surface area contributed by atoms with E-state index in [0.29, 0.717) is 5.33 Å². The number of halogens is 3. The molecular weight excluding hydrogens is 272 g/mol. The summed E-state index contributed by atoms with van der Waals surface area (Å²) in [7, 11) is 0. The number of alkyl halides is 3. The fourth-order valence-corrected chi connectivity index (χ4v) is 1.33. The molecule has 6 heteroatoms. The van der Waals surface area contributed by atoms with Gasteiger partial charge in [-0.2, -0.15) is 0 Å². The van der Waals surface area contributed by atoms with Crippen molar-refractivity contribution in [3.63, 3.8) is 0 Å². The number of hydrogen-bond acceptors (Lipinski definition) is 2. The Hall–Kier alpha value is -0.390. The van der Waals surface area contributed by atoms with Gasteiger partial charge in [-0.05, 0) is 27.2 Å². The summed E-state index contributed by atoms with van der Waals surface area (Å²) in [5.74, 6) is 0. The Bertz CT molecular complexity index is 207. The standard InChI is InChI=1S/C9H16BrF2NO2/c1-9(2,3)15-8(14)13-6(4-5-10)7(11)12/h6-7H,4-5H2,1-3H3,(H,13,14). The van der Waals surface area contributed by atoms with Crippen molar-refractivity contribution in [3.05, 3.63) is 0 Å². The molecule has 0 saturated heterocycles. The van der Waals surface area contributed by atoms with Gasteiger partial charge in [-0.1, -0.05) is 15.9 Å². The highest BCUT2D eigenvalue weighted by Crippen LogP contribution is 2.10. The summed E-state index contributed by atoms with van der Waals surface area (Å²) in [4.78, 5) is 11.2. The Morgan fingerprint density at radius 2 is 2.00 bits per heavy atom. The summed E-state index contributed by atoms with van der Waals surface area (Å²) in [6.07, 6.45) is -3.24. The number of ether oxygens (including phenoxy) is 1. The average Bonchev–Trinajstić information content (AvgIpc) is 1.99. The maximum absolute atomic E-state index is 12.4. The Kier molecular flexibility index (Phi) is 6.09. The molecule has 0 aliphatic rings. The Labute approximate surface area is 96.7 Å². The molecule has 0 spiro atoms. The largest absolute Gasteiger partial charge is 0.444 e. The summed E-state index contributed by atoms with van der Waals surface area (Å²) >= 11 is 3.04. The molecule has 0 fully saturated rings. The van der Waals surface area contributed by atoms with Crippen LogP contribution in [0.2, 0.25) is 0 Å². The van der Waals surface area contributed by atoms with Crippen LogP contribution in [0.4, 0.5) is 13.6 Å². The molecule has 15 heavy (non-hydrogen) atoms. The molecule has 0 aromatic rings. The molecule has 0 radical (unpaired) electrons. The Balaban J connectivity index is 4.11. The van der Waals surface area contributed by atoms with Crippen LogP contribution in [0.25, 0.3) is 0 Å². The van der Waals surface area contributed by atoms with Crippen LogP contribution in [0.1, 0.15) is 27.2 Å². The zero-order valence-electron chi connectivity index (χ0n) is 9.02. The Morgan fingerprint density at radius 1 is 1.47 bits per heavy atom. The molecule has 90 valence electrons. The second-order valence-corrected chi connectivity index (χ2v) is 4.86. The minimum absolute atomic E-state index is 0.164. The highest BCUT2D eigenvalue weighted by molar-refractivity contribution is 9.09. The third-order valence-corrected chi connectivity index (χ3v) is 1.88. The first-order chi connectivity index (χ1) is 6.76. The van der Waals surface area contributed by atoms with Crippen molar-refractivity contribution in [3.8, 4) is 0 Å². The quantitative estimate of drug-likeness (QED) is 0.808. The molecule has 1 N–H and O–H groups in total. The SMILES string of the molecule is CC(C)(C)OC(=O)NC(CCBr)C(F)F. The monoisotopic (exact) mass is 287 g/mol. The van der Waals surface area contributed by atoms with Gasteiger partial charge in [0.15, 0.2) is 0 Å². The maximum Gasteiger partial charge on any atom is 0.408 e. The predicted octanol–water partition coefficient (Wildman–Crippen LogP) is 2.93.